The van der Waals surface area contributed by atoms with E-state index in [9.17, 15) is 0 Å². The van der Waals surface area contributed by atoms with Crippen molar-refractivity contribution in [3.05, 3.63) is 60.3 Å². The Bertz CT molecular complexity index is 718. The number of fused-ring (bicyclic) bond motifs is 1. The topological polar surface area (TPSA) is 34.3 Å². The fourth-order valence-electron chi connectivity index (χ4n) is 3.10. The van der Waals surface area contributed by atoms with Gasteiger partial charge in [0.15, 0.2) is 0 Å². The third-order valence-corrected chi connectivity index (χ3v) is 4.30. The summed E-state index contributed by atoms with van der Waals surface area (Å²) < 4.78 is 4.30. The van der Waals surface area contributed by atoms with Gasteiger partial charge < -0.3 is 14.3 Å². The van der Waals surface area contributed by atoms with Crippen molar-refractivity contribution >= 4 is 5.65 Å². The Labute approximate surface area is 124 Å². The molecular formula is C17H20N4. The smallest absolute Gasteiger partial charge is 0.137 e. The van der Waals surface area contributed by atoms with Gasteiger partial charge in [0.1, 0.15) is 5.65 Å². The molecule has 21 heavy (non-hydrogen) atoms. The SMILES string of the molecule is CNC(c1ccn(Cc2cn3ccccc3n2)c1)C1CC1. The average Bonchev–Trinajstić information content (AvgIpc) is 3.08. The van der Waals surface area contributed by atoms with E-state index < -0.39 is 0 Å². The number of pyridine rings is 1. The van der Waals surface area contributed by atoms with Crippen LogP contribution >= 0.6 is 0 Å². The first-order chi connectivity index (χ1) is 10.3. The first-order valence-electron chi connectivity index (χ1n) is 7.59. The molecule has 108 valence electrons. The molecule has 0 aliphatic heterocycles. The number of rotatable bonds is 5. The quantitative estimate of drug-likeness (QED) is 0.780. The molecule has 1 aliphatic carbocycles. The Morgan fingerprint density at radius 3 is 2.90 bits per heavy atom. The highest BCUT2D eigenvalue weighted by atomic mass is 15.0. The van der Waals surface area contributed by atoms with Gasteiger partial charge in [-0.3, -0.25) is 0 Å². The number of imidazole rings is 1. The summed E-state index contributed by atoms with van der Waals surface area (Å²) in [6.07, 6.45) is 11.3. The fourth-order valence-corrected chi connectivity index (χ4v) is 3.10. The molecule has 1 fully saturated rings. The zero-order valence-electron chi connectivity index (χ0n) is 12.2. The lowest BCUT2D eigenvalue weighted by Crippen LogP contribution is -2.17. The minimum Gasteiger partial charge on any atom is -0.348 e. The second-order valence-electron chi connectivity index (χ2n) is 5.92. The highest BCUT2D eigenvalue weighted by Gasteiger charge is 2.31. The summed E-state index contributed by atoms with van der Waals surface area (Å²) >= 11 is 0. The number of hydrogen-bond donors (Lipinski definition) is 1. The third kappa shape index (κ3) is 2.47. The van der Waals surface area contributed by atoms with Crippen LogP contribution in [0.4, 0.5) is 0 Å². The molecule has 3 aromatic heterocycles. The Kier molecular flexibility index (Phi) is 3.04. The summed E-state index contributed by atoms with van der Waals surface area (Å²) in [7, 11) is 2.06. The Balaban J connectivity index is 1.55. The van der Waals surface area contributed by atoms with Crippen LogP contribution in [0, 0.1) is 5.92 Å². The van der Waals surface area contributed by atoms with E-state index >= 15 is 0 Å². The second-order valence-corrected chi connectivity index (χ2v) is 5.92. The third-order valence-electron chi connectivity index (χ3n) is 4.30. The van der Waals surface area contributed by atoms with Crippen LogP contribution in [0.5, 0.6) is 0 Å². The Morgan fingerprint density at radius 2 is 2.14 bits per heavy atom. The molecule has 0 amide bonds. The Morgan fingerprint density at radius 1 is 1.24 bits per heavy atom. The summed E-state index contributed by atoms with van der Waals surface area (Å²) in [4.78, 5) is 4.66. The van der Waals surface area contributed by atoms with Gasteiger partial charge in [0.25, 0.3) is 0 Å². The summed E-state index contributed by atoms with van der Waals surface area (Å²) in [5, 5.41) is 3.45. The monoisotopic (exact) mass is 280 g/mol. The predicted octanol–water partition coefficient (Wildman–Crippen LogP) is 2.85. The standard InChI is InChI=1S/C17H20N4/c1-18-17(13-5-6-13)14-7-9-20(10-14)11-15-12-21-8-3-2-4-16(21)19-15/h2-4,7-10,12-13,17-18H,5-6,11H2,1H3. The van der Waals surface area contributed by atoms with Crippen molar-refractivity contribution in [1.29, 1.82) is 0 Å². The number of hydrogen-bond acceptors (Lipinski definition) is 2. The minimum atomic E-state index is 0.507. The number of nitrogens with one attached hydrogen (secondary N) is 1. The summed E-state index contributed by atoms with van der Waals surface area (Å²) in [6, 6.07) is 8.82. The maximum Gasteiger partial charge on any atom is 0.137 e. The zero-order chi connectivity index (χ0) is 14.2. The predicted molar refractivity (Wildman–Crippen MR) is 83.3 cm³/mol. The molecule has 0 aromatic carbocycles. The van der Waals surface area contributed by atoms with Gasteiger partial charge in [-0.05, 0) is 49.6 Å². The van der Waals surface area contributed by atoms with Crippen molar-refractivity contribution in [3.8, 4) is 0 Å². The van der Waals surface area contributed by atoms with Crippen LogP contribution in [-0.4, -0.2) is 21.0 Å². The summed E-state index contributed by atoms with van der Waals surface area (Å²) in [6.45, 7) is 0.822. The van der Waals surface area contributed by atoms with E-state index in [-0.39, 0.29) is 0 Å². The zero-order valence-corrected chi connectivity index (χ0v) is 12.2. The van der Waals surface area contributed by atoms with Crippen LogP contribution < -0.4 is 5.32 Å². The van der Waals surface area contributed by atoms with Crippen LogP contribution in [0.25, 0.3) is 5.65 Å². The maximum absolute atomic E-state index is 4.66. The largest absolute Gasteiger partial charge is 0.348 e. The van der Waals surface area contributed by atoms with Gasteiger partial charge >= 0.3 is 0 Å². The minimum absolute atomic E-state index is 0.507. The van der Waals surface area contributed by atoms with Crippen molar-refractivity contribution in [2.24, 2.45) is 5.92 Å². The van der Waals surface area contributed by atoms with Gasteiger partial charge in [0, 0.05) is 30.8 Å². The van der Waals surface area contributed by atoms with Crippen LogP contribution in [-0.2, 0) is 6.54 Å². The molecule has 0 spiro atoms. The molecule has 1 N–H and O–H groups in total. The molecule has 3 aromatic rings. The van der Waals surface area contributed by atoms with Gasteiger partial charge in [0.2, 0.25) is 0 Å². The summed E-state index contributed by atoms with van der Waals surface area (Å²) in [5.41, 5.74) is 3.49. The molecule has 4 heteroatoms. The Hall–Kier alpha value is -2.07. The molecule has 4 rings (SSSR count). The first-order valence-corrected chi connectivity index (χ1v) is 7.59. The van der Waals surface area contributed by atoms with Gasteiger partial charge in [-0.2, -0.15) is 0 Å². The molecule has 1 unspecified atom stereocenters. The number of nitrogens with zero attached hydrogens (tertiary/aromatic N) is 3. The molecule has 0 radical (unpaired) electrons. The highest BCUT2D eigenvalue weighted by Crippen LogP contribution is 2.40. The molecule has 1 atom stereocenters. The van der Waals surface area contributed by atoms with E-state index in [4.69, 9.17) is 0 Å². The molecule has 3 heterocycles. The van der Waals surface area contributed by atoms with E-state index in [0.717, 1.165) is 23.8 Å². The van der Waals surface area contributed by atoms with Gasteiger partial charge in [-0.25, -0.2) is 4.98 Å². The maximum atomic E-state index is 4.66. The van der Waals surface area contributed by atoms with Crippen molar-refractivity contribution < 1.29 is 0 Å². The normalized spacial score (nSPS) is 16.4. The van der Waals surface area contributed by atoms with Crippen molar-refractivity contribution in [2.45, 2.75) is 25.4 Å². The fraction of sp³-hybridized carbons (Fsp3) is 0.353. The van der Waals surface area contributed by atoms with Crippen LogP contribution in [0.3, 0.4) is 0 Å². The van der Waals surface area contributed by atoms with E-state index in [2.05, 4.69) is 51.0 Å². The van der Waals surface area contributed by atoms with Crippen molar-refractivity contribution in [2.75, 3.05) is 7.05 Å². The van der Waals surface area contributed by atoms with E-state index in [0.29, 0.717) is 6.04 Å². The van der Waals surface area contributed by atoms with Gasteiger partial charge in [0.05, 0.1) is 12.2 Å². The molecule has 4 nitrogen and oxygen atoms in total. The summed E-state index contributed by atoms with van der Waals surface area (Å²) in [5.74, 6) is 0.820. The number of aromatic nitrogens is 3. The van der Waals surface area contributed by atoms with E-state index in [1.165, 1.54) is 18.4 Å². The van der Waals surface area contributed by atoms with E-state index in [1.54, 1.807) is 0 Å². The van der Waals surface area contributed by atoms with Crippen LogP contribution in [0.15, 0.2) is 49.1 Å². The molecule has 1 saturated carbocycles. The highest BCUT2D eigenvalue weighted by molar-refractivity contribution is 5.39. The molecule has 1 aliphatic rings. The van der Waals surface area contributed by atoms with Crippen molar-refractivity contribution in [1.82, 2.24) is 19.3 Å². The van der Waals surface area contributed by atoms with Gasteiger partial charge in [-0.1, -0.05) is 6.07 Å². The molecular weight excluding hydrogens is 260 g/mol. The average molecular weight is 280 g/mol. The van der Waals surface area contributed by atoms with E-state index in [1.807, 2.05) is 24.4 Å². The lowest BCUT2D eigenvalue weighted by atomic mass is 10.1. The second kappa shape index (κ2) is 5.04. The lowest BCUT2D eigenvalue weighted by Gasteiger charge is -2.13. The lowest BCUT2D eigenvalue weighted by molar-refractivity contribution is 0.528. The molecule has 0 saturated heterocycles. The van der Waals surface area contributed by atoms with Gasteiger partial charge in [-0.15, -0.1) is 0 Å². The van der Waals surface area contributed by atoms with Crippen molar-refractivity contribution in [3.63, 3.8) is 0 Å². The van der Waals surface area contributed by atoms with Crippen LogP contribution in [0.1, 0.15) is 30.1 Å². The molecule has 0 bridgehead atoms. The van der Waals surface area contributed by atoms with Crippen LogP contribution in [0.2, 0.25) is 0 Å². The first kappa shape index (κ1) is 12.7.